The fourth-order valence-electron chi connectivity index (χ4n) is 3.39. The molecule has 0 N–H and O–H groups in total. The molecule has 0 radical (unpaired) electrons. The second-order valence-electron chi connectivity index (χ2n) is 6.73. The Kier molecular flexibility index (Phi) is 5.48. The molecule has 0 unspecified atom stereocenters. The fourth-order valence-corrected chi connectivity index (χ4v) is 3.39. The van der Waals surface area contributed by atoms with Crippen LogP contribution in [0.2, 0.25) is 0 Å². The van der Waals surface area contributed by atoms with Crippen molar-refractivity contribution < 1.29 is 4.74 Å². The van der Waals surface area contributed by atoms with Gasteiger partial charge >= 0.3 is 0 Å². The van der Waals surface area contributed by atoms with Gasteiger partial charge in [0.05, 0.1) is 12.1 Å². The molecule has 0 aliphatic heterocycles. The minimum atomic E-state index is 0.722. The summed E-state index contributed by atoms with van der Waals surface area (Å²) in [6.07, 6.45) is 2.81. The van der Waals surface area contributed by atoms with Crippen LogP contribution in [-0.4, -0.2) is 50.7 Å². The normalized spacial score (nSPS) is 11.5. The number of hydrogen-bond donors (Lipinski definition) is 0. The van der Waals surface area contributed by atoms with E-state index in [4.69, 9.17) is 4.74 Å². The molecule has 0 atom stereocenters. The van der Waals surface area contributed by atoms with E-state index < -0.39 is 0 Å². The summed E-state index contributed by atoms with van der Waals surface area (Å²) < 4.78 is 7.81. The fraction of sp³-hybridized carbons (Fsp3) is 0.318. The highest BCUT2D eigenvalue weighted by molar-refractivity contribution is 5.91. The van der Waals surface area contributed by atoms with Gasteiger partial charge in [-0.2, -0.15) is 0 Å². The zero-order chi connectivity index (χ0) is 19.3. The molecule has 28 heavy (non-hydrogen) atoms. The topological polar surface area (TPSA) is 55.5 Å². The number of hydrogen-bond acceptors (Lipinski definition) is 5. The zero-order valence-corrected chi connectivity index (χ0v) is 16.4. The highest BCUT2D eigenvalue weighted by Crippen LogP contribution is 2.24. The Morgan fingerprint density at radius 3 is 2.54 bits per heavy atom. The maximum Gasteiger partial charge on any atom is 0.171 e. The van der Waals surface area contributed by atoms with E-state index in [1.807, 2.05) is 52.9 Å². The Morgan fingerprint density at radius 2 is 1.75 bits per heavy atom. The third-order valence-electron chi connectivity index (χ3n) is 5.05. The van der Waals surface area contributed by atoms with Crippen LogP contribution in [0, 0.1) is 0 Å². The number of para-hydroxylation sites is 1. The van der Waals surface area contributed by atoms with Crippen molar-refractivity contribution in [3.63, 3.8) is 0 Å². The Labute approximate surface area is 164 Å². The predicted octanol–water partition coefficient (Wildman–Crippen LogP) is 4.06. The lowest BCUT2D eigenvalue weighted by Crippen LogP contribution is -2.25. The number of rotatable bonds is 8. The average molecular weight is 375 g/mol. The molecule has 2 aromatic carbocycles. The summed E-state index contributed by atoms with van der Waals surface area (Å²) in [5.74, 6) is 1.65. The van der Waals surface area contributed by atoms with Crippen LogP contribution in [0.1, 0.15) is 20.3 Å². The average Bonchev–Trinajstić information content (AvgIpc) is 3.19. The van der Waals surface area contributed by atoms with Crippen LogP contribution in [0.4, 0.5) is 0 Å². The van der Waals surface area contributed by atoms with E-state index >= 15 is 0 Å². The van der Waals surface area contributed by atoms with E-state index in [-0.39, 0.29) is 0 Å². The van der Waals surface area contributed by atoms with Crippen LogP contribution < -0.4 is 4.74 Å². The van der Waals surface area contributed by atoms with Crippen molar-refractivity contribution in [2.45, 2.75) is 20.3 Å². The molecule has 144 valence electrons. The predicted molar refractivity (Wildman–Crippen MR) is 112 cm³/mol. The second kappa shape index (κ2) is 8.35. The summed E-state index contributed by atoms with van der Waals surface area (Å²) in [5, 5.41) is 9.76. The lowest BCUT2D eigenvalue weighted by atomic mass is 10.2. The number of nitrogens with zero attached hydrogens (tertiary/aromatic N) is 5. The van der Waals surface area contributed by atoms with E-state index in [0.29, 0.717) is 0 Å². The highest BCUT2D eigenvalue weighted by Gasteiger charge is 2.11. The van der Waals surface area contributed by atoms with Crippen molar-refractivity contribution in [3.8, 4) is 17.1 Å². The first-order valence-electron chi connectivity index (χ1n) is 9.84. The lowest BCUT2D eigenvalue weighted by molar-refractivity contribution is 0.249. The molecule has 4 rings (SSSR count). The van der Waals surface area contributed by atoms with E-state index in [9.17, 15) is 0 Å². The molecule has 0 aliphatic carbocycles. The van der Waals surface area contributed by atoms with Crippen LogP contribution in [0.3, 0.4) is 0 Å². The van der Waals surface area contributed by atoms with Crippen molar-refractivity contribution in [1.82, 2.24) is 24.5 Å². The first-order chi connectivity index (χ1) is 13.8. The molecule has 2 aromatic heterocycles. The molecule has 6 nitrogen and oxygen atoms in total. The Balaban J connectivity index is 1.47. The van der Waals surface area contributed by atoms with Gasteiger partial charge in [0.25, 0.3) is 0 Å². The molecule has 0 spiro atoms. The standard InChI is InChI=1S/C22H25N5O/c1-3-26(4-2)14-7-15-28-18-12-10-17(11-13-18)21-24-25-22-19-8-5-6-9-20(19)23-16-27(21)22/h5-6,8-13,16H,3-4,7,14-15H2,1-2H3. The van der Waals surface area contributed by atoms with Crippen LogP contribution in [0.5, 0.6) is 5.75 Å². The van der Waals surface area contributed by atoms with Gasteiger partial charge in [-0.3, -0.25) is 4.40 Å². The van der Waals surface area contributed by atoms with Gasteiger partial charge in [-0.15, -0.1) is 10.2 Å². The van der Waals surface area contributed by atoms with E-state index in [0.717, 1.165) is 66.3 Å². The summed E-state index contributed by atoms with van der Waals surface area (Å²) in [6, 6.07) is 16.0. The van der Waals surface area contributed by atoms with E-state index in [1.54, 1.807) is 6.33 Å². The number of benzene rings is 2. The molecular formula is C22H25N5O. The van der Waals surface area contributed by atoms with Crippen molar-refractivity contribution in [1.29, 1.82) is 0 Å². The summed E-state index contributed by atoms with van der Waals surface area (Å²) in [4.78, 5) is 6.92. The van der Waals surface area contributed by atoms with Gasteiger partial charge in [-0.1, -0.05) is 26.0 Å². The van der Waals surface area contributed by atoms with E-state index in [1.165, 1.54) is 0 Å². The van der Waals surface area contributed by atoms with Crippen molar-refractivity contribution in [2.24, 2.45) is 0 Å². The quantitative estimate of drug-likeness (QED) is 0.435. The first-order valence-corrected chi connectivity index (χ1v) is 9.84. The summed E-state index contributed by atoms with van der Waals surface area (Å²) in [5.41, 5.74) is 2.72. The van der Waals surface area contributed by atoms with E-state index in [2.05, 4.69) is 33.9 Å². The smallest absolute Gasteiger partial charge is 0.171 e. The van der Waals surface area contributed by atoms with Crippen LogP contribution in [-0.2, 0) is 0 Å². The Bertz CT molecular complexity index is 1050. The SMILES string of the molecule is CCN(CC)CCCOc1ccc(-c2nnc3c4ccccc4ncn23)cc1. The summed E-state index contributed by atoms with van der Waals surface area (Å²) in [7, 11) is 0. The van der Waals surface area contributed by atoms with Crippen LogP contribution in [0.15, 0.2) is 54.9 Å². The lowest BCUT2D eigenvalue weighted by Gasteiger charge is -2.17. The third kappa shape index (κ3) is 3.68. The Hall–Kier alpha value is -2.99. The van der Waals surface area contributed by atoms with Crippen molar-refractivity contribution in [2.75, 3.05) is 26.2 Å². The van der Waals surface area contributed by atoms with Gasteiger partial charge in [0.2, 0.25) is 0 Å². The van der Waals surface area contributed by atoms with Crippen molar-refractivity contribution >= 4 is 16.6 Å². The third-order valence-corrected chi connectivity index (χ3v) is 5.05. The maximum absolute atomic E-state index is 5.88. The number of fused-ring (bicyclic) bond motifs is 3. The molecule has 0 amide bonds. The van der Waals surface area contributed by atoms with Gasteiger partial charge in [0, 0.05) is 17.5 Å². The molecular weight excluding hydrogens is 350 g/mol. The van der Waals surface area contributed by atoms with Gasteiger partial charge < -0.3 is 9.64 Å². The zero-order valence-electron chi connectivity index (χ0n) is 16.4. The molecule has 0 saturated carbocycles. The molecule has 4 aromatic rings. The minimum absolute atomic E-state index is 0.722. The summed E-state index contributed by atoms with van der Waals surface area (Å²) in [6.45, 7) is 8.34. The van der Waals surface area contributed by atoms with Gasteiger partial charge in [-0.05, 0) is 55.9 Å². The molecule has 0 saturated heterocycles. The molecule has 0 aliphatic rings. The van der Waals surface area contributed by atoms with Gasteiger partial charge in [0.1, 0.15) is 12.1 Å². The molecule has 0 fully saturated rings. The van der Waals surface area contributed by atoms with Crippen LogP contribution in [0.25, 0.3) is 27.9 Å². The highest BCUT2D eigenvalue weighted by atomic mass is 16.5. The number of aromatic nitrogens is 4. The largest absolute Gasteiger partial charge is 0.494 e. The number of ether oxygens (including phenoxy) is 1. The second-order valence-corrected chi connectivity index (χ2v) is 6.73. The van der Waals surface area contributed by atoms with Gasteiger partial charge in [0.15, 0.2) is 11.5 Å². The molecule has 0 bridgehead atoms. The minimum Gasteiger partial charge on any atom is -0.494 e. The molecule has 2 heterocycles. The maximum atomic E-state index is 5.88. The molecule has 6 heteroatoms. The van der Waals surface area contributed by atoms with Gasteiger partial charge in [-0.25, -0.2) is 4.98 Å². The van der Waals surface area contributed by atoms with Crippen molar-refractivity contribution in [3.05, 3.63) is 54.9 Å². The summed E-state index contributed by atoms with van der Waals surface area (Å²) >= 11 is 0. The van der Waals surface area contributed by atoms with Crippen LogP contribution >= 0.6 is 0 Å². The Morgan fingerprint density at radius 1 is 0.964 bits per heavy atom. The first kappa shape index (κ1) is 18.4. The monoisotopic (exact) mass is 375 g/mol.